The van der Waals surface area contributed by atoms with Crippen LogP contribution in [0.25, 0.3) is 22.4 Å². The molecule has 0 aliphatic carbocycles. The molecule has 0 bridgehead atoms. The molecule has 5 aromatic rings. The van der Waals surface area contributed by atoms with Crippen LogP contribution >= 0.6 is 0 Å². The fourth-order valence-corrected chi connectivity index (χ4v) is 4.34. The fourth-order valence-electron chi connectivity index (χ4n) is 4.34. The van der Waals surface area contributed by atoms with Crippen LogP contribution in [-0.2, 0) is 16.8 Å². The lowest BCUT2D eigenvalue weighted by molar-refractivity contribution is -0.122. The zero-order valence-corrected chi connectivity index (χ0v) is 23.0. The summed E-state index contributed by atoms with van der Waals surface area (Å²) in [5, 5.41) is 10.8. The first-order chi connectivity index (χ1) is 19.6. The van der Waals surface area contributed by atoms with Crippen LogP contribution in [0, 0.1) is 5.92 Å². The Morgan fingerprint density at radius 2 is 1.71 bits per heavy atom. The molecule has 1 atom stereocenters. The van der Waals surface area contributed by atoms with E-state index >= 15 is 0 Å². The molecule has 5 rings (SSSR count). The quantitative estimate of drug-likeness (QED) is 0.257. The third-order valence-electron chi connectivity index (χ3n) is 6.72. The molecule has 0 fully saturated rings. The molecule has 1 amide bonds. The van der Waals surface area contributed by atoms with Gasteiger partial charge < -0.3 is 19.9 Å². The predicted octanol–water partition coefficient (Wildman–Crippen LogP) is 3.37. The minimum Gasteiger partial charge on any atom is -0.440 e. The first kappa shape index (κ1) is 27.4. The van der Waals surface area contributed by atoms with Gasteiger partial charge in [0, 0.05) is 0 Å². The number of hydrogen-bond donors (Lipinski definition) is 2. The van der Waals surface area contributed by atoms with E-state index in [0.717, 1.165) is 0 Å². The van der Waals surface area contributed by atoms with Crippen molar-refractivity contribution < 1.29 is 18.4 Å². The molecule has 210 valence electrons. The average molecular weight is 556 g/mol. The van der Waals surface area contributed by atoms with Crippen LogP contribution < -0.4 is 16.6 Å². The number of nitrogens with two attached hydrogens (primary N) is 1. The summed E-state index contributed by atoms with van der Waals surface area (Å²) in [4.78, 5) is 47.9. The third-order valence-corrected chi connectivity index (χ3v) is 6.72. The Hall–Kier alpha value is -5.13. The molecule has 3 N–H and O–H groups in total. The number of fused-ring (bicyclic) bond motifs is 1. The molecule has 12 heteroatoms. The van der Waals surface area contributed by atoms with Crippen LogP contribution in [-0.4, -0.2) is 42.5 Å². The molecular formula is C29H29N7O5. The van der Waals surface area contributed by atoms with Crippen molar-refractivity contribution in [1.82, 2.24) is 30.0 Å². The molecule has 3 aromatic heterocycles. The number of hydrogen-bond acceptors (Lipinski definition) is 10. The van der Waals surface area contributed by atoms with E-state index in [9.17, 15) is 14.4 Å². The van der Waals surface area contributed by atoms with Gasteiger partial charge in [-0.25, -0.2) is 9.97 Å². The van der Waals surface area contributed by atoms with Gasteiger partial charge in [0.2, 0.25) is 23.5 Å². The number of para-hydroxylation sites is 2. The summed E-state index contributed by atoms with van der Waals surface area (Å²) < 4.78 is 12.9. The van der Waals surface area contributed by atoms with E-state index in [4.69, 9.17) is 14.6 Å². The van der Waals surface area contributed by atoms with Gasteiger partial charge in [-0.3, -0.25) is 19.0 Å². The molecule has 0 aliphatic heterocycles. The number of oxazole rings is 1. The Bertz CT molecular complexity index is 1750. The fraction of sp³-hybridized carbons (Fsp3) is 0.276. The number of rotatable bonds is 9. The highest BCUT2D eigenvalue weighted by Gasteiger charge is 2.37. The number of aromatic nitrogens is 5. The second kappa shape index (κ2) is 10.8. The number of carbonyl (C=O) groups excluding carboxylic acids is 2. The average Bonchev–Trinajstić information content (AvgIpc) is 3.63. The molecule has 0 aliphatic rings. The third kappa shape index (κ3) is 5.36. The molecular weight excluding hydrogens is 526 g/mol. The maximum atomic E-state index is 13.5. The molecule has 3 heterocycles. The highest BCUT2D eigenvalue weighted by Crippen LogP contribution is 2.32. The predicted molar refractivity (Wildman–Crippen MR) is 150 cm³/mol. The lowest BCUT2D eigenvalue weighted by Crippen LogP contribution is -2.46. The van der Waals surface area contributed by atoms with E-state index < -0.39 is 28.7 Å². The van der Waals surface area contributed by atoms with Gasteiger partial charge in [-0.05, 0) is 37.5 Å². The van der Waals surface area contributed by atoms with Gasteiger partial charge in [-0.15, -0.1) is 10.2 Å². The van der Waals surface area contributed by atoms with Crippen molar-refractivity contribution in [2.45, 2.75) is 45.7 Å². The minimum absolute atomic E-state index is 0.132. The smallest absolute Gasteiger partial charge is 0.294 e. The largest absolute Gasteiger partial charge is 0.440 e. The van der Waals surface area contributed by atoms with Crippen molar-refractivity contribution in [1.29, 1.82) is 0 Å². The van der Waals surface area contributed by atoms with Gasteiger partial charge in [-0.2, -0.15) is 0 Å². The second-order valence-electron chi connectivity index (χ2n) is 10.5. The first-order valence-electron chi connectivity index (χ1n) is 13.0. The number of amides is 1. The number of anilines is 1. The summed E-state index contributed by atoms with van der Waals surface area (Å²) in [6, 6.07) is 15.3. The molecule has 0 radical (unpaired) electrons. The van der Waals surface area contributed by atoms with Gasteiger partial charge in [0.05, 0.1) is 17.9 Å². The van der Waals surface area contributed by atoms with Gasteiger partial charge >= 0.3 is 0 Å². The number of nitrogens with one attached hydrogen (secondary N) is 1. The SMILES string of the molecule is CC(C)C(NC(=O)Cn1c(-c2ccccc2)cnc(N)c1=O)C(=O)c1nnc(C(C)(C)c2nc3ccccc3o2)o1. The number of nitrogens with zero attached hydrogens (tertiary/aromatic N) is 5. The molecule has 0 spiro atoms. The Morgan fingerprint density at radius 3 is 2.41 bits per heavy atom. The highest BCUT2D eigenvalue weighted by molar-refractivity contribution is 5.98. The Labute approximate surface area is 234 Å². The lowest BCUT2D eigenvalue weighted by Gasteiger charge is -2.21. The van der Waals surface area contributed by atoms with Gasteiger partial charge in [0.15, 0.2) is 11.4 Å². The number of benzene rings is 2. The zero-order valence-electron chi connectivity index (χ0n) is 23.0. The van der Waals surface area contributed by atoms with Crippen molar-refractivity contribution in [2.24, 2.45) is 5.92 Å². The van der Waals surface area contributed by atoms with Crippen LogP contribution in [0.1, 0.15) is 50.2 Å². The topological polar surface area (TPSA) is 172 Å². The van der Waals surface area contributed by atoms with Gasteiger partial charge in [-0.1, -0.05) is 56.3 Å². The molecule has 2 aromatic carbocycles. The zero-order chi connectivity index (χ0) is 29.3. The molecule has 12 nitrogen and oxygen atoms in total. The number of nitrogen functional groups attached to an aromatic ring is 1. The normalized spacial score (nSPS) is 12.5. The maximum absolute atomic E-state index is 13.5. The monoisotopic (exact) mass is 555 g/mol. The summed E-state index contributed by atoms with van der Waals surface area (Å²) in [5.74, 6) is -1.50. The van der Waals surface area contributed by atoms with Crippen molar-refractivity contribution in [3.05, 3.63) is 88.8 Å². The van der Waals surface area contributed by atoms with Crippen molar-refractivity contribution in [2.75, 3.05) is 5.73 Å². The van der Waals surface area contributed by atoms with E-state index in [-0.39, 0.29) is 30.1 Å². The van der Waals surface area contributed by atoms with Crippen molar-refractivity contribution >= 4 is 28.6 Å². The van der Waals surface area contributed by atoms with Crippen LogP contribution in [0.2, 0.25) is 0 Å². The highest BCUT2D eigenvalue weighted by atomic mass is 16.4. The van der Waals surface area contributed by atoms with Crippen LogP contribution in [0.3, 0.4) is 0 Å². The summed E-state index contributed by atoms with van der Waals surface area (Å²) in [7, 11) is 0. The van der Waals surface area contributed by atoms with E-state index in [1.54, 1.807) is 58.0 Å². The van der Waals surface area contributed by atoms with Crippen LogP contribution in [0.15, 0.2) is 74.4 Å². The molecule has 0 saturated heterocycles. The minimum atomic E-state index is -1.00. The maximum Gasteiger partial charge on any atom is 0.294 e. The van der Waals surface area contributed by atoms with E-state index in [0.29, 0.717) is 28.2 Å². The summed E-state index contributed by atoms with van der Waals surface area (Å²) >= 11 is 0. The summed E-state index contributed by atoms with van der Waals surface area (Å²) in [6.07, 6.45) is 1.43. The molecule has 1 unspecified atom stereocenters. The molecule has 0 saturated carbocycles. The molecule has 41 heavy (non-hydrogen) atoms. The van der Waals surface area contributed by atoms with Crippen molar-refractivity contribution in [3.63, 3.8) is 0 Å². The Morgan fingerprint density at radius 1 is 1.00 bits per heavy atom. The number of Topliss-reactive ketones (excluding diaryl/α,β-unsaturated/α-hetero) is 1. The summed E-state index contributed by atoms with van der Waals surface area (Å²) in [5.41, 5.74) is 6.59. The standard InChI is InChI=1S/C29H29N7O5/c1-16(2)22(33-21(37)15-36-19(14-31-24(30)26(36)39)17-10-6-5-7-11-17)23(38)25-34-35-28(41-25)29(3,4)27-32-18-12-8-9-13-20(18)40-27/h5-14,16,22H,15H2,1-4H3,(H2,30,31)(H,33,37). The van der Waals surface area contributed by atoms with Crippen LogP contribution in [0.4, 0.5) is 5.82 Å². The van der Waals surface area contributed by atoms with E-state index in [1.807, 2.05) is 24.3 Å². The number of carbonyl (C=O) groups is 2. The van der Waals surface area contributed by atoms with E-state index in [2.05, 4.69) is 25.5 Å². The summed E-state index contributed by atoms with van der Waals surface area (Å²) in [6.45, 7) is 6.75. The van der Waals surface area contributed by atoms with Crippen molar-refractivity contribution in [3.8, 4) is 11.3 Å². The van der Waals surface area contributed by atoms with Crippen LogP contribution in [0.5, 0.6) is 0 Å². The first-order valence-corrected chi connectivity index (χ1v) is 13.0. The Balaban J connectivity index is 1.37. The van der Waals surface area contributed by atoms with Gasteiger partial charge in [0.1, 0.15) is 17.5 Å². The van der Waals surface area contributed by atoms with E-state index in [1.165, 1.54) is 10.8 Å². The number of ketones is 1. The van der Waals surface area contributed by atoms with Gasteiger partial charge in [0.25, 0.3) is 11.4 Å². The second-order valence-corrected chi connectivity index (χ2v) is 10.5. The lowest BCUT2D eigenvalue weighted by atomic mass is 9.93. The Kier molecular flexibility index (Phi) is 7.22.